The first kappa shape index (κ1) is 16.7. The zero-order valence-electron chi connectivity index (χ0n) is 12.7. The van der Waals surface area contributed by atoms with E-state index in [2.05, 4.69) is 5.10 Å². The monoisotopic (exact) mass is 320 g/mol. The van der Waals surface area contributed by atoms with Crippen molar-refractivity contribution in [1.82, 2.24) is 4.59 Å². The second kappa shape index (κ2) is 5.82. The molecule has 0 aliphatic carbocycles. The molecule has 2 rings (SSSR count). The molecule has 0 spiro atoms. The molecular weight excluding hydrogens is 302 g/mol. The topological polar surface area (TPSA) is 133 Å². The van der Waals surface area contributed by atoms with Gasteiger partial charge in [-0.1, -0.05) is 5.10 Å². The van der Waals surface area contributed by atoms with Crippen LogP contribution in [0.3, 0.4) is 0 Å². The average Bonchev–Trinajstić information content (AvgIpc) is 2.68. The molecule has 1 aromatic carbocycles. The Morgan fingerprint density at radius 3 is 2.57 bits per heavy atom. The van der Waals surface area contributed by atoms with E-state index >= 15 is 0 Å². The number of carbonyl (C=O) groups is 2. The van der Waals surface area contributed by atoms with Crippen molar-refractivity contribution in [3.8, 4) is 5.75 Å². The maximum atomic E-state index is 11.7. The van der Waals surface area contributed by atoms with Gasteiger partial charge in [0.15, 0.2) is 5.69 Å². The highest BCUT2D eigenvalue weighted by Crippen LogP contribution is 2.41. The van der Waals surface area contributed by atoms with Crippen molar-refractivity contribution < 1.29 is 24.9 Å². The van der Waals surface area contributed by atoms with Gasteiger partial charge in [-0.25, -0.2) is 9.59 Å². The number of phenolic OH excluding ortho intramolecular Hbond substituents is 1. The van der Waals surface area contributed by atoms with E-state index in [-0.39, 0.29) is 12.3 Å². The van der Waals surface area contributed by atoms with Crippen LogP contribution in [0, 0.1) is 0 Å². The number of rotatable bonds is 5. The van der Waals surface area contributed by atoms with Gasteiger partial charge in [-0.15, -0.1) is 4.59 Å². The molecule has 2 atom stereocenters. The van der Waals surface area contributed by atoms with E-state index in [4.69, 9.17) is 10.8 Å². The Morgan fingerprint density at radius 1 is 1.39 bits per heavy atom. The Bertz CT molecular complexity index is 739. The predicted molar refractivity (Wildman–Crippen MR) is 84.0 cm³/mol. The summed E-state index contributed by atoms with van der Waals surface area (Å²) in [4.78, 5) is 22.8. The van der Waals surface area contributed by atoms with Crippen molar-refractivity contribution in [2.75, 3.05) is 6.54 Å². The third-order valence-corrected chi connectivity index (χ3v) is 3.52. The van der Waals surface area contributed by atoms with Gasteiger partial charge >= 0.3 is 11.9 Å². The molecule has 1 aromatic rings. The molecule has 1 aliphatic rings. The smallest absolute Gasteiger partial charge is 0.393 e. The summed E-state index contributed by atoms with van der Waals surface area (Å²) in [6, 6.07) is 4.00. The Balaban J connectivity index is 2.80. The fourth-order valence-corrected chi connectivity index (χ4v) is 2.78. The zero-order valence-corrected chi connectivity index (χ0v) is 12.7. The quantitative estimate of drug-likeness (QED) is 0.469. The van der Waals surface area contributed by atoms with Crippen LogP contribution in [-0.2, 0) is 9.59 Å². The fraction of sp³-hybridized carbons (Fsp3) is 0.267. The summed E-state index contributed by atoms with van der Waals surface area (Å²) in [5, 5.41) is 32.7. The second-order valence-electron chi connectivity index (χ2n) is 5.49. The minimum atomic E-state index is -1.42. The van der Waals surface area contributed by atoms with Gasteiger partial charge in [-0.3, -0.25) is 0 Å². The molecule has 8 heteroatoms. The van der Waals surface area contributed by atoms with Crippen molar-refractivity contribution >= 4 is 23.3 Å². The molecule has 122 valence electrons. The molecule has 0 bridgehead atoms. The Hall–Kier alpha value is -2.71. The molecule has 0 saturated heterocycles. The maximum absolute atomic E-state index is 11.7. The van der Waals surface area contributed by atoms with E-state index in [1.165, 1.54) is 12.1 Å². The van der Waals surface area contributed by atoms with Crippen LogP contribution in [0.2, 0.25) is 0 Å². The number of hydrogen-bond acceptors (Lipinski definition) is 5. The van der Waals surface area contributed by atoms with Gasteiger partial charge in [0, 0.05) is 6.07 Å². The van der Waals surface area contributed by atoms with Crippen molar-refractivity contribution in [3.63, 3.8) is 0 Å². The van der Waals surface area contributed by atoms with E-state index in [1.54, 1.807) is 19.9 Å². The van der Waals surface area contributed by atoms with E-state index in [0.29, 0.717) is 23.0 Å². The summed E-state index contributed by atoms with van der Waals surface area (Å²) >= 11 is 0. The minimum absolute atomic E-state index is 0.0409. The highest BCUT2D eigenvalue weighted by Gasteiger charge is 2.48. The van der Waals surface area contributed by atoms with Gasteiger partial charge in [-0.2, -0.15) is 0 Å². The number of carboxylic acids is 2. The van der Waals surface area contributed by atoms with E-state index in [1.807, 2.05) is 0 Å². The van der Waals surface area contributed by atoms with Crippen LogP contribution in [-0.4, -0.2) is 45.6 Å². The Kier molecular flexibility index (Phi) is 4.22. The Morgan fingerprint density at radius 2 is 2.04 bits per heavy atom. The standard InChI is InChI=1S/C15H17N3O5/c1-8(16)7-18(13(15(22)23)6-14(20)21)12-5-10(19)3-4-11(12)9(2)17-18/h3-6,8H,7,16H2,1-2H3,(H2-,17,19,20,21,22,23)/p+1/b13-6+. The van der Waals surface area contributed by atoms with Crippen molar-refractivity contribution in [2.24, 2.45) is 10.8 Å². The van der Waals surface area contributed by atoms with Crippen LogP contribution in [0.5, 0.6) is 5.75 Å². The largest absolute Gasteiger partial charge is 0.508 e. The van der Waals surface area contributed by atoms with Gasteiger partial charge in [0.2, 0.25) is 0 Å². The first-order valence-corrected chi connectivity index (χ1v) is 6.90. The molecule has 0 aromatic heterocycles. The molecule has 0 amide bonds. The molecule has 1 heterocycles. The predicted octanol–water partition coefficient (Wildman–Crippen LogP) is 0.837. The summed E-state index contributed by atoms with van der Waals surface area (Å²) in [7, 11) is 0. The van der Waals surface area contributed by atoms with Gasteiger partial charge in [0.25, 0.3) is 5.70 Å². The SMILES string of the molecule is CC1=N[N+](CC(C)N)(/C(=C/C(=O)O)C(=O)O)c2cc(O)ccc21. The van der Waals surface area contributed by atoms with Gasteiger partial charge in [0.05, 0.1) is 17.7 Å². The van der Waals surface area contributed by atoms with Crippen molar-refractivity contribution in [2.45, 2.75) is 19.9 Å². The third-order valence-electron chi connectivity index (χ3n) is 3.52. The van der Waals surface area contributed by atoms with Gasteiger partial charge in [0.1, 0.15) is 18.0 Å². The van der Waals surface area contributed by atoms with Crippen molar-refractivity contribution in [1.29, 1.82) is 0 Å². The molecule has 2 unspecified atom stereocenters. The number of nitrogens with two attached hydrogens (primary N) is 1. The van der Waals surface area contributed by atoms with E-state index in [9.17, 15) is 19.8 Å². The molecule has 23 heavy (non-hydrogen) atoms. The lowest BCUT2D eigenvalue weighted by molar-refractivity contribution is -0.136. The average molecular weight is 320 g/mol. The molecular formula is C15H18N3O5+. The maximum Gasteiger partial charge on any atom is 0.393 e. The highest BCUT2D eigenvalue weighted by molar-refractivity contribution is 6.09. The van der Waals surface area contributed by atoms with E-state index in [0.717, 1.165) is 0 Å². The second-order valence-corrected chi connectivity index (χ2v) is 5.49. The van der Waals surface area contributed by atoms with Crippen LogP contribution in [0.4, 0.5) is 5.69 Å². The first-order valence-electron chi connectivity index (χ1n) is 6.90. The number of aliphatic carboxylic acids is 2. The number of fused-ring (bicyclic) bond motifs is 1. The van der Waals surface area contributed by atoms with E-state index < -0.39 is 28.3 Å². The summed E-state index contributed by atoms with van der Waals surface area (Å²) in [5.74, 6) is -2.88. The fourth-order valence-electron chi connectivity index (χ4n) is 2.78. The molecule has 0 fully saturated rings. The number of hydrogen-bond donors (Lipinski definition) is 4. The van der Waals surface area contributed by atoms with Crippen molar-refractivity contribution in [3.05, 3.63) is 35.5 Å². The number of carboxylic acid groups (broad SMARTS) is 2. The Labute approximate surface area is 132 Å². The lowest BCUT2D eigenvalue weighted by Crippen LogP contribution is -2.51. The molecule has 0 radical (unpaired) electrons. The number of quaternary nitrogens is 1. The zero-order chi connectivity index (χ0) is 17.4. The van der Waals surface area contributed by atoms with Crippen LogP contribution >= 0.6 is 0 Å². The highest BCUT2D eigenvalue weighted by atomic mass is 16.4. The normalized spacial score (nSPS) is 21.5. The summed E-state index contributed by atoms with van der Waals surface area (Å²) in [6.45, 7) is 3.41. The van der Waals surface area contributed by atoms with Gasteiger partial charge in [-0.05, 0) is 26.0 Å². The van der Waals surface area contributed by atoms with Crippen LogP contribution in [0.1, 0.15) is 19.4 Å². The first-order chi connectivity index (χ1) is 10.7. The summed E-state index contributed by atoms with van der Waals surface area (Å²) < 4.78 is -0.602. The summed E-state index contributed by atoms with van der Waals surface area (Å²) in [5.41, 5.74) is 6.97. The molecule has 0 saturated carbocycles. The number of benzene rings is 1. The number of nitrogens with zero attached hydrogens (tertiary/aromatic N) is 2. The minimum Gasteiger partial charge on any atom is -0.508 e. The molecule has 1 aliphatic heterocycles. The van der Waals surface area contributed by atoms with Crippen LogP contribution < -0.4 is 10.3 Å². The lowest BCUT2D eigenvalue weighted by Gasteiger charge is -2.30. The third kappa shape index (κ3) is 2.94. The number of phenols is 1. The molecule has 8 nitrogen and oxygen atoms in total. The van der Waals surface area contributed by atoms with Crippen LogP contribution in [0.25, 0.3) is 0 Å². The summed E-state index contributed by atoms with van der Waals surface area (Å²) in [6.07, 6.45) is 0.612. The molecule has 5 N–H and O–H groups in total. The lowest BCUT2D eigenvalue weighted by atomic mass is 10.1. The number of aromatic hydroxyl groups is 1. The van der Waals surface area contributed by atoms with Gasteiger partial charge < -0.3 is 21.1 Å². The van der Waals surface area contributed by atoms with Crippen LogP contribution in [0.15, 0.2) is 35.1 Å².